The molecule has 0 spiro atoms. The maximum absolute atomic E-state index is 13.2. The lowest BCUT2D eigenvalue weighted by molar-refractivity contribution is 0.0681. The molecule has 0 bridgehead atoms. The number of hydrogen-bond donors (Lipinski definition) is 0. The van der Waals surface area contributed by atoms with Gasteiger partial charge in [0, 0.05) is 23.2 Å². The van der Waals surface area contributed by atoms with Crippen molar-refractivity contribution in [1.29, 1.82) is 0 Å². The highest BCUT2D eigenvalue weighted by atomic mass is 35.5. The summed E-state index contributed by atoms with van der Waals surface area (Å²) in [6.45, 7) is 2.96. The molecule has 0 unspecified atom stereocenters. The topological polar surface area (TPSA) is 63.7 Å². The predicted molar refractivity (Wildman–Crippen MR) is 111 cm³/mol. The fourth-order valence-electron chi connectivity index (χ4n) is 3.30. The first-order valence-corrected chi connectivity index (χ1v) is 11.6. The average molecular weight is 422 g/mol. The van der Waals surface area contributed by atoms with Gasteiger partial charge in [0.25, 0.3) is 5.91 Å². The summed E-state index contributed by atoms with van der Waals surface area (Å²) in [6.07, 6.45) is 1.36. The van der Waals surface area contributed by atoms with Crippen molar-refractivity contribution < 1.29 is 17.9 Å². The minimum absolute atomic E-state index is 0.00298. The zero-order valence-electron chi connectivity index (χ0n) is 15.8. The van der Waals surface area contributed by atoms with Gasteiger partial charge in [-0.3, -0.25) is 4.79 Å². The first kappa shape index (κ1) is 20.7. The summed E-state index contributed by atoms with van der Waals surface area (Å²) in [5.74, 6) is 0.630. The van der Waals surface area contributed by atoms with Crippen molar-refractivity contribution in [2.45, 2.75) is 32.4 Å². The highest BCUT2D eigenvalue weighted by Crippen LogP contribution is 2.24. The number of hydrogen-bond acceptors (Lipinski definition) is 4. The third-order valence-corrected chi connectivity index (χ3v) is 6.71. The zero-order valence-corrected chi connectivity index (χ0v) is 17.4. The van der Waals surface area contributed by atoms with E-state index in [2.05, 4.69) is 0 Å². The SMILES string of the molecule is CCCOc1ccc(C(=O)N(Cc2cccc(Cl)c2)[C@@H]2CCS(=O)(=O)C2)cc1. The Morgan fingerprint density at radius 3 is 2.57 bits per heavy atom. The van der Waals surface area contributed by atoms with Gasteiger partial charge in [-0.05, 0) is 54.8 Å². The van der Waals surface area contributed by atoms with Gasteiger partial charge in [-0.15, -0.1) is 0 Å². The Hall–Kier alpha value is -2.05. The van der Waals surface area contributed by atoms with E-state index in [-0.39, 0.29) is 23.5 Å². The molecule has 1 aliphatic rings. The second kappa shape index (κ2) is 8.97. The van der Waals surface area contributed by atoms with E-state index in [1.54, 1.807) is 41.3 Å². The molecule has 28 heavy (non-hydrogen) atoms. The van der Waals surface area contributed by atoms with E-state index in [0.29, 0.717) is 35.9 Å². The fourth-order valence-corrected chi connectivity index (χ4v) is 5.24. The lowest BCUT2D eigenvalue weighted by Gasteiger charge is -2.28. The van der Waals surface area contributed by atoms with Crippen molar-refractivity contribution >= 4 is 27.3 Å². The monoisotopic (exact) mass is 421 g/mol. The van der Waals surface area contributed by atoms with Crippen LogP contribution in [0.2, 0.25) is 5.02 Å². The molecular weight excluding hydrogens is 398 g/mol. The Bertz CT molecular complexity index is 928. The van der Waals surface area contributed by atoms with Gasteiger partial charge >= 0.3 is 0 Å². The molecule has 1 aliphatic heterocycles. The molecule has 0 radical (unpaired) electrons. The molecular formula is C21H24ClNO4S. The van der Waals surface area contributed by atoms with Crippen LogP contribution in [0.5, 0.6) is 5.75 Å². The average Bonchev–Trinajstić information content (AvgIpc) is 3.04. The molecule has 1 fully saturated rings. The van der Waals surface area contributed by atoms with Gasteiger partial charge in [-0.1, -0.05) is 30.7 Å². The number of benzene rings is 2. The maximum Gasteiger partial charge on any atom is 0.254 e. The Balaban J connectivity index is 1.84. The third-order valence-electron chi connectivity index (χ3n) is 4.73. The molecule has 2 aromatic rings. The normalized spacial score (nSPS) is 18.0. The van der Waals surface area contributed by atoms with Crippen LogP contribution in [0.4, 0.5) is 0 Å². The van der Waals surface area contributed by atoms with Crippen LogP contribution < -0.4 is 4.74 Å². The summed E-state index contributed by atoms with van der Waals surface area (Å²) in [5, 5.41) is 0.585. The number of amides is 1. The number of carbonyl (C=O) groups is 1. The van der Waals surface area contributed by atoms with Gasteiger partial charge in [-0.2, -0.15) is 0 Å². The molecule has 1 saturated heterocycles. The lowest BCUT2D eigenvalue weighted by Crippen LogP contribution is -2.40. The van der Waals surface area contributed by atoms with Crippen LogP contribution in [-0.2, 0) is 16.4 Å². The van der Waals surface area contributed by atoms with Crippen molar-refractivity contribution in [1.82, 2.24) is 4.90 Å². The molecule has 3 rings (SSSR count). The summed E-state index contributed by atoms with van der Waals surface area (Å²) in [5.41, 5.74) is 1.38. The Labute approximate surface area is 171 Å². The number of rotatable bonds is 7. The number of sulfone groups is 1. The molecule has 0 aliphatic carbocycles. The quantitative estimate of drug-likeness (QED) is 0.678. The molecule has 1 amide bonds. The number of carbonyl (C=O) groups excluding carboxylic acids is 1. The molecule has 2 aromatic carbocycles. The number of nitrogens with zero attached hydrogens (tertiary/aromatic N) is 1. The molecule has 1 atom stereocenters. The van der Waals surface area contributed by atoms with E-state index in [0.717, 1.165) is 12.0 Å². The van der Waals surface area contributed by atoms with E-state index in [1.165, 1.54) is 0 Å². The van der Waals surface area contributed by atoms with Gasteiger partial charge in [0.15, 0.2) is 9.84 Å². The summed E-state index contributed by atoms with van der Waals surface area (Å²) < 4.78 is 29.5. The molecule has 150 valence electrons. The summed E-state index contributed by atoms with van der Waals surface area (Å²) in [7, 11) is -3.11. The van der Waals surface area contributed by atoms with Gasteiger partial charge in [0.1, 0.15) is 5.75 Å². The van der Waals surface area contributed by atoms with Crippen molar-refractivity contribution in [3.63, 3.8) is 0 Å². The number of ether oxygens (including phenoxy) is 1. The molecule has 0 aromatic heterocycles. The van der Waals surface area contributed by atoms with E-state index >= 15 is 0 Å². The molecule has 5 nitrogen and oxygen atoms in total. The minimum Gasteiger partial charge on any atom is -0.494 e. The van der Waals surface area contributed by atoms with E-state index < -0.39 is 9.84 Å². The zero-order chi connectivity index (χ0) is 20.1. The van der Waals surface area contributed by atoms with Crippen molar-refractivity contribution in [3.05, 3.63) is 64.7 Å². The summed E-state index contributed by atoms with van der Waals surface area (Å²) in [6, 6.07) is 13.9. The minimum atomic E-state index is -3.11. The van der Waals surface area contributed by atoms with Crippen LogP contribution in [0, 0.1) is 0 Å². The van der Waals surface area contributed by atoms with Gasteiger partial charge < -0.3 is 9.64 Å². The van der Waals surface area contributed by atoms with Crippen LogP contribution in [-0.4, -0.2) is 43.4 Å². The Morgan fingerprint density at radius 1 is 1.21 bits per heavy atom. The second-order valence-electron chi connectivity index (χ2n) is 6.99. The van der Waals surface area contributed by atoms with Crippen molar-refractivity contribution in [2.24, 2.45) is 0 Å². The first-order chi connectivity index (χ1) is 13.4. The highest BCUT2D eigenvalue weighted by molar-refractivity contribution is 7.91. The van der Waals surface area contributed by atoms with Gasteiger partial charge in [0.2, 0.25) is 0 Å². The van der Waals surface area contributed by atoms with Crippen LogP contribution in [0.15, 0.2) is 48.5 Å². The van der Waals surface area contributed by atoms with E-state index in [9.17, 15) is 13.2 Å². The molecule has 0 saturated carbocycles. The Kier molecular flexibility index (Phi) is 6.62. The first-order valence-electron chi connectivity index (χ1n) is 9.36. The number of halogens is 1. The predicted octanol–water partition coefficient (Wildman–Crippen LogP) is 3.96. The van der Waals surface area contributed by atoms with Crippen LogP contribution in [0.3, 0.4) is 0 Å². The smallest absolute Gasteiger partial charge is 0.254 e. The fraction of sp³-hybridized carbons (Fsp3) is 0.381. The van der Waals surface area contributed by atoms with Crippen molar-refractivity contribution in [3.8, 4) is 5.75 Å². The Morgan fingerprint density at radius 2 is 1.96 bits per heavy atom. The lowest BCUT2D eigenvalue weighted by atomic mass is 10.1. The maximum atomic E-state index is 13.2. The molecule has 7 heteroatoms. The summed E-state index contributed by atoms with van der Waals surface area (Å²) in [4.78, 5) is 14.9. The highest BCUT2D eigenvalue weighted by Gasteiger charge is 2.35. The largest absolute Gasteiger partial charge is 0.494 e. The summed E-state index contributed by atoms with van der Waals surface area (Å²) >= 11 is 6.08. The second-order valence-corrected chi connectivity index (χ2v) is 9.66. The van der Waals surface area contributed by atoms with Gasteiger partial charge in [0.05, 0.1) is 18.1 Å². The van der Waals surface area contributed by atoms with Crippen LogP contribution in [0.1, 0.15) is 35.7 Å². The van der Waals surface area contributed by atoms with Crippen LogP contribution in [0.25, 0.3) is 0 Å². The van der Waals surface area contributed by atoms with Crippen LogP contribution >= 0.6 is 11.6 Å². The van der Waals surface area contributed by atoms with E-state index in [4.69, 9.17) is 16.3 Å². The molecule has 0 N–H and O–H groups in total. The third kappa shape index (κ3) is 5.26. The van der Waals surface area contributed by atoms with E-state index in [1.807, 2.05) is 19.1 Å². The van der Waals surface area contributed by atoms with Crippen molar-refractivity contribution in [2.75, 3.05) is 18.1 Å². The van der Waals surface area contributed by atoms with Gasteiger partial charge in [-0.25, -0.2) is 8.42 Å². The molecule has 1 heterocycles. The standard InChI is InChI=1S/C21H24ClNO4S/c1-2-11-27-20-8-6-17(7-9-20)21(24)23(19-10-12-28(25,26)15-19)14-16-4-3-5-18(22)13-16/h3-9,13,19H,2,10-12,14-15H2,1H3/t19-/m1/s1.